The second-order valence-electron chi connectivity index (χ2n) is 7.06. The van der Waals surface area contributed by atoms with E-state index in [-0.39, 0.29) is 12.4 Å². The third kappa shape index (κ3) is 4.52. The van der Waals surface area contributed by atoms with Crippen molar-refractivity contribution in [2.45, 2.75) is 57.2 Å². The lowest BCUT2D eigenvalue weighted by molar-refractivity contribution is 0.0136. The summed E-state index contributed by atoms with van der Waals surface area (Å²) in [5.41, 5.74) is 1.04. The van der Waals surface area contributed by atoms with E-state index in [0.29, 0.717) is 12.1 Å². The van der Waals surface area contributed by atoms with Crippen molar-refractivity contribution < 1.29 is 9.50 Å². The highest BCUT2D eigenvalue weighted by Gasteiger charge is 2.32. The molecule has 1 aliphatic heterocycles. The Morgan fingerprint density at radius 3 is 2.70 bits per heavy atom. The summed E-state index contributed by atoms with van der Waals surface area (Å²) in [5, 5.41) is 9.45. The normalized spacial score (nSPS) is 24.9. The molecule has 128 valence electrons. The van der Waals surface area contributed by atoms with Crippen LogP contribution in [0.1, 0.15) is 44.1 Å². The van der Waals surface area contributed by atoms with Gasteiger partial charge in [0, 0.05) is 44.9 Å². The third-order valence-corrected chi connectivity index (χ3v) is 5.41. The molecule has 23 heavy (non-hydrogen) atoms. The first-order valence-electron chi connectivity index (χ1n) is 9.09. The smallest absolute Gasteiger partial charge is 0.123 e. The summed E-state index contributed by atoms with van der Waals surface area (Å²) in [6.07, 6.45) is 7.54. The number of piperazine rings is 1. The number of rotatable bonds is 5. The Morgan fingerprint density at radius 2 is 1.96 bits per heavy atom. The van der Waals surface area contributed by atoms with Crippen LogP contribution < -0.4 is 0 Å². The van der Waals surface area contributed by atoms with E-state index in [2.05, 4.69) is 9.80 Å². The van der Waals surface area contributed by atoms with Gasteiger partial charge in [0.05, 0.1) is 0 Å². The summed E-state index contributed by atoms with van der Waals surface area (Å²) < 4.78 is 13.4. The molecule has 1 aliphatic carbocycles. The number of hydrogen-bond donors (Lipinski definition) is 1. The monoisotopic (exact) mass is 320 g/mol. The van der Waals surface area contributed by atoms with E-state index in [4.69, 9.17) is 0 Å². The molecule has 1 aromatic rings. The number of aliphatic hydroxyl groups is 1. The van der Waals surface area contributed by atoms with Crippen molar-refractivity contribution in [3.05, 3.63) is 35.6 Å². The van der Waals surface area contributed by atoms with Crippen molar-refractivity contribution in [2.75, 3.05) is 26.2 Å². The maximum atomic E-state index is 13.4. The number of aliphatic hydroxyl groups excluding tert-OH is 1. The van der Waals surface area contributed by atoms with E-state index in [1.54, 1.807) is 12.1 Å². The van der Waals surface area contributed by atoms with E-state index in [0.717, 1.165) is 38.2 Å². The predicted molar refractivity (Wildman–Crippen MR) is 90.7 cm³/mol. The minimum Gasteiger partial charge on any atom is -0.396 e. The highest BCUT2D eigenvalue weighted by molar-refractivity contribution is 5.16. The van der Waals surface area contributed by atoms with Crippen molar-refractivity contribution in [2.24, 2.45) is 0 Å². The van der Waals surface area contributed by atoms with Crippen molar-refractivity contribution >= 4 is 0 Å². The van der Waals surface area contributed by atoms with Gasteiger partial charge < -0.3 is 5.11 Å². The lowest BCUT2D eigenvalue weighted by Gasteiger charge is -2.46. The first-order valence-corrected chi connectivity index (χ1v) is 9.09. The van der Waals surface area contributed by atoms with Gasteiger partial charge in [-0.05, 0) is 37.0 Å². The summed E-state index contributed by atoms with van der Waals surface area (Å²) in [6.45, 7) is 4.15. The summed E-state index contributed by atoms with van der Waals surface area (Å²) in [5.74, 6) is -0.157. The number of benzene rings is 1. The van der Waals surface area contributed by atoms with Crippen LogP contribution in [0, 0.1) is 5.82 Å². The molecule has 0 spiro atoms. The maximum absolute atomic E-state index is 13.4. The molecule has 1 atom stereocenters. The van der Waals surface area contributed by atoms with Gasteiger partial charge in [0.2, 0.25) is 0 Å². The Hall–Kier alpha value is -0.970. The van der Waals surface area contributed by atoms with Crippen LogP contribution in [-0.2, 0) is 6.54 Å². The summed E-state index contributed by atoms with van der Waals surface area (Å²) in [6, 6.07) is 8.06. The van der Waals surface area contributed by atoms with Crippen molar-refractivity contribution in [3.63, 3.8) is 0 Å². The highest BCUT2D eigenvalue weighted by atomic mass is 19.1. The van der Waals surface area contributed by atoms with Crippen LogP contribution in [0.5, 0.6) is 0 Å². The highest BCUT2D eigenvalue weighted by Crippen LogP contribution is 2.27. The first-order chi connectivity index (χ1) is 11.3. The SMILES string of the molecule is OCC[C@@H]1CN(Cc2cccc(F)c2)CCN1C1CCCCC1. The molecule has 3 nitrogen and oxygen atoms in total. The molecule has 1 saturated heterocycles. The van der Waals surface area contributed by atoms with Crippen molar-refractivity contribution in [1.29, 1.82) is 0 Å². The average molecular weight is 320 g/mol. The van der Waals surface area contributed by atoms with E-state index < -0.39 is 0 Å². The molecule has 1 heterocycles. The zero-order valence-corrected chi connectivity index (χ0v) is 14.0. The molecule has 1 saturated carbocycles. The second-order valence-corrected chi connectivity index (χ2v) is 7.06. The first kappa shape index (κ1) is 16.9. The van der Waals surface area contributed by atoms with Gasteiger partial charge in [-0.2, -0.15) is 0 Å². The topological polar surface area (TPSA) is 26.7 Å². The van der Waals surface area contributed by atoms with Crippen molar-refractivity contribution in [3.8, 4) is 0 Å². The quantitative estimate of drug-likeness (QED) is 0.903. The predicted octanol–water partition coefficient (Wildman–Crippen LogP) is 3.03. The molecular formula is C19H29FN2O. The molecular weight excluding hydrogens is 291 g/mol. The standard InChI is InChI=1S/C19H29FN2O/c20-17-6-4-5-16(13-17)14-21-10-11-22(19(15-21)9-12-23)18-7-2-1-3-8-18/h4-6,13,18-19,23H,1-3,7-12,14-15H2/t19-/m1/s1. The molecule has 2 aliphatic rings. The molecule has 0 amide bonds. The Balaban J connectivity index is 1.61. The van der Waals surface area contributed by atoms with Gasteiger partial charge in [0.1, 0.15) is 5.82 Å². The van der Waals surface area contributed by atoms with Gasteiger partial charge in [-0.3, -0.25) is 9.80 Å². The number of nitrogens with zero attached hydrogens (tertiary/aromatic N) is 2. The van der Waals surface area contributed by atoms with E-state index in [9.17, 15) is 9.50 Å². The minimum atomic E-state index is -0.157. The molecule has 1 aromatic carbocycles. The Morgan fingerprint density at radius 1 is 1.13 bits per heavy atom. The minimum absolute atomic E-state index is 0.157. The maximum Gasteiger partial charge on any atom is 0.123 e. The van der Waals surface area contributed by atoms with Gasteiger partial charge in [-0.1, -0.05) is 31.4 Å². The fourth-order valence-electron chi connectivity index (χ4n) is 4.27. The molecule has 1 N–H and O–H groups in total. The zero-order chi connectivity index (χ0) is 16.1. The fraction of sp³-hybridized carbons (Fsp3) is 0.684. The second kappa shape index (κ2) is 8.22. The Bertz CT molecular complexity index is 490. The number of halogens is 1. The molecule has 0 unspecified atom stereocenters. The van der Waals surface area contributed by atoms with Crippen LogP contribution in [-0.4, -0.2) is 53.2 Å². The van der Waals surface area contributed by atoms with E-state index in [1.165, 1.54) is 38.2 Å². The summed E-state index contributed by atoms with van der Waals surface area (Å²) in [4.78, 5) is 5.06. The Labute approximate surface area is 139 Å². The van der Waals surface area contributed by atoms with Gasteiger partial charge in [-0.25, -0.2) is 4.39 Å². The molecule has 0 aromatic heterocycles. The lowest BCUT2D eigenvalue weighted by Crippen LogP contribution is -2.56. The molecule has 2 fully saturated rings. The summed E-state index contributed by atoms with van der Waals surface area (Å²) in [7, 11) is 0. The van der Waals surface area contributed by atoms with Gasteiger partial charge >= 0.3 is 0 Å². The molecule has 4 heteroatoms. The van der Waals surface area contributed by atoms with Crippen LogP contribution in [0.25, 0.3) is 0 Å². The Kier molecular flexibility index (Phi) is 6.03. The van der Waals surface area contributed by atoms with Crippen LogP contribution >= 0.6 is 0 Å². The summed E-state index contributed by atoms with van der Waals surface area (Å²) >= 11 is 0. The van der Waals surface area contributed by atoms with Crippen molar-refractivity contribution in [1.82, 2.24) is 9.80 Å². The fourth-order valence-corrected chi connectivity index (χ4v) is 4.27. The zero-order valence-electron chi connectivity index (χ0n) is 14.0. The van der Waals surface area contributed by atoms with Crippen LogP contribution in [0.4, 0.5) is 4.39 Å². The largest absolute Gasteiger partial charge is 0.396 e. The van der Waals surface area contributed by atoms with Crippen LogP contribution in [0.15, 0.2) is 24.3 Å². The lowest BCUT2D eigenvalue weighted by atomic mass is 9.91. The van der Waals surface area contributed by atoms with Crippen LogP contribution in [0.3, 0.4) is 0 Å². The van der Waals surface area contributed by atoms with Crippen LogP contribution in [0.2, 0.25) is 0 Å². The number of hydrogen-bond acceptors (Lipinski definition) is 3. The molecule has 0 radical (unpaired) electrons. The van der Waals surface area contributed by atoms with Gasteiger partial charge in [0.25, 0.3) is 0 Å². The third-order valence-electron chi connectivity index (χ3n) is 5.41. The average Bonchev–Trinajstić information content (AvgIpc) is 2.56. The molecule has 3 rings (SSSR count). The molecule has 0 bridgehead atoms. The van der Waals surface area contributed by atoms with E-state index >= 15 is 0 Å². The van der Waals surface area contributed by atoms with Gasteiger partial charge in [-0.15, -0.1) is 0 Å². The van der Waals surface area contributed by atoms with E-state index in [1.807, 2.05) is 6.07 Å². The van der Waals surface area contributed by atoms with Gasteiger partial charge in [0.15, 0.2) is 0 Å².